The van der Waals surface area contributed by atoms with Crippen LogP contribution in [0.5, 0.6) is 0 Å². The lowest BCUT2D eigenvalue weighted by Gasteiger charge is -2.09. The number of amides is 1. The highest BCUT2D eigenvalue weighted by atomic mass is 32.2. The molecule has 0 saturated carbocycles. The summed E-state index contributed by atoms with van der Waals surface area (Å²) in [5, 5.41) is 13.1. The van der Waals surface area contributed by atoms with Gasteiger partial charge in [-0.3, -0.25) is 9.59 Å². The summed E-state index contributed by atoms with van der Waals surface area (Å²) in [4.78, 5) is 23.5. The molecule has 0 saturated heterocycles. The zero-order valence-electron chi connectivity index (χ0n) is 10.2. The van der Waals surface area contributed by atoms with Gasteiger partial charge in [-0.1, -0.05) is 13.0 Å². The third-order valence-electron chi connectivity index (χ3n) is 2.34. The van der Waals surface area contributed by atoms with Gasteiger partial charge in [-0.15, -0.1) is 23.1 Å². The Morgan fingerprint density at radius 3 is 2.89 bits per heavy atom. The van der Waals surface area contributed by atoms with Crippen LogP contribution in [-0.4, -0.2) is 34.5 Å². The van der Waals surface area contributed by atoms with Crippen LogP contribution in [0.4, 0.5) is 0 Å². The monoisotopic (exact) mass is 287 g/mol. The Morgan fingerprint density at radius 1 is 1.56 bits per heavy atom. The number of carboxylic acids is 1. The van der Waals surface area contributed by atoms with Crippen LogP contribution in [0.15, 0.2) is 17.5 Å². The van der Waals surface area contributed by atoms with Crippen LogP contribution in [0.2, 0.25) is 0 Å². The lowest BCUT2D eigenvalue weighted by Crippen LogP contribution is -2.29. The molecule has 0 fully saturated rings. The number of nitrogens with one attached hydrogen (secondary N) is 1. The zero-order chi connectivity index (χ0) is 13.4. The molecule has 1 rings (SSSR count). The van der Waals surface area contributed by atoms with Crippen LogP contribution in [0, 0.1) is 0 Å². The van der Waals surface area contributed by atoms with Gasteiger partial charge in [0.15, 0.2) is 0 Å². The highest BCUT2D eigenvalue weighted by molar-refractivity contribution is 8.01. The van der Waals surface area contributed by atoms with E-state index in [4.69, 9.17) is 5.11 Å². The van der Waals surface area contributed by atoms with Crippen molar-refractivity contribution in [3.8, 4) is 0 Å². The van der Waals surface area contributed by atoms with E-state index in [1.54, 1.807) is 18.3 Å². The standard InChI is InChI=1S/C12H17NO3S2/c1-2-10(12(15)16)18-8-11(14)13-6-5-9-4-3-7-17-9/h3-4,7,10H,2,5-6,8H2,1H3,(H,13,14)(H,15,16). The van der Waals surface area contributed by atoms with Crippen molar-refractivity contribution < 1.29 is 14.7 Å². The van der Waals surface area contributed by atoms with E-state index in [9.17, 15) is 9.59 Å². The van der Waals surface area contributed by atoms with E-state index in [1.807, 2.05) is 17.5 Å². The lowest BCUT2D eigenvalue weighted by atomic mass is 10.3. The van der Waals surface area contributed by atoms with Gasteiger partial charge in [0.25, 0.3) is 0 Å². The second-order valence-corrected chi connectivity index (χ2v) is 5.95. The number of hydrogen-bond donors (Lipinski definition) is 2. The Bertz CT molecular complexity index is 379. The second kappa shape index (κ2) is 8.16. The molecule has 0 aliphatic carbocycles. The van der Waals surface area contributed by atoms with Crippen molar-refractivity contribution in [1.29, 1.82) is 0 Å². The van der Waals surface area contributed by atoms with Gasteiger partial charge in [0, 0.05) is 11.4 Å². The minimum absolute atomic E-state index is 0.101. The number of carboxylic acid groups (broad SMARTS) is 1. The van der Waals surface area contributed by atoms with Crippen LogP contribution in [0.25, 0.3) is 0 Å². The summed E-state index contributed by atoms with van der Waals surface area (Å²) < 4.78 is 0. The number of aliphatic carboxylic acids is 1. The largest absolute Gasteiger partial charge is 0.480 e. The molecule has 100 valence electrons. The molecule has 1 atom stereocenters. The van der Waals surface area contributed by atoms with Crippen LogP contribution in [0.3, 0.4) is 0 Å². The van der Waals surface area contributed by atoms with Gasteiger partial charge in [0.1, 0.15) is 5.25 Å². The molecule has 1 amide bonds. The molecular formula is C12H17NO3S2. The SMILES string of the molecule is CCC(SCC(=O)NCCc1cccs1)C(=O)O. The first kappa shape index (κ1) is 15.0. The molecule has 2 N–H and O–H groups in total. The molecule has 1 heterocycles. The molecule has 1 unspecified atom stereocenters. The number of rotatable bonds is 8. The maximum Gasteiger partial charge on any atom is 0.316 e. The molecule has 4 nitrogen and oxygen atoms in total. The zero-order valence-corrected chi connectivity index (χ0v) is 11.9. The summed E-state index contributed by atoms with van der Waals surface area (Å²) in [7, 11) is 0. The van der Waals surface area contributed by atoms with Crippen molar-refractivity contribution in [2.45, 2.75) is 25.0 Å². The fraction of sp³-hybridized carbons (Fsp3) is 0.500. The Morgan fingerprint density at radius 2 is 2.33 bits per heavy atom. The molecule has 0 radical (unpaired) electrons. The molecule has 0 spiro atoms. The molecule has 6 heteroatoms. The first-order chi connectivity index (χ1) is 8.63. The quantitative estimate of drug-likeness (QED) is 0.767. The summed E-state index contributed by atoms with van der Waals surface area (Å²) in [6.07, 6.45) is 1.35. The molecule has 0 aromatic carbocycles. The van der Waals surface area contributed by atoms with E-state index in [-0.39, 0.29) is 11.7 Å². The Kier molecular flexibility index (Phi) is 6.82. The van der Waals surface area contributed by atoms with Gasteiger partial charge in [-0.05, 0) is 24.3 Å². The van der Waals surface area contributed by atoms with Gasteiger partial charge in [0.05, 0.1) is 5.75 Å². The Hall–Kier alpha value is -1.01. The molecular weight excluding hydrogens is 270 g/mol. The predicted molar refractivity (Wildman–Crippen MR) is 75.2 cm³/mol. The average Bonchev–Trinajstić information content (AvgIpc) is 2.82. The summed E-state index contributed by atoms with van der Waals surface area (Å²) in [5.41, 5.74) is 0. The average molecular weight is 287 g/mol. The molecule has 1 aromatic rings. The van der Waals surface area contributed by atoms with Crippen molar-refractivity contribution >= 4 is 35.0 Å². The van der Waals surface area contributed by atoms with Crippen LogP contribution < -0.4 is 5.32 Å². The maximum absolute atomic E-state index is 11.5. The van der Waals surface area contributed by atoms with Crippen LogP contribution >= 0.6 is 23.1 Å². The fourth-order valence-electron chi connectivity index (χ4n) is 1.37. The van der Waals surface area contributed by atoms with Crippen molar-refractivity contribution in [3.05, 3.63) is 22.4 Å². The lowest BCUT2D eigenvalue weighted by molar-refractivity contribution is -0.136. The molecule has 0 aliphatic heterocycles. The number of thiophene rings is 1. The third kappa shape index (κ3) is 5.55. The summed E-state index contributed by atoms with van der Waals surface area (Å²) in [6, 6.07) is 4.01. The van der Waals surface area contributed by atoms with E-state index in [2.05, 4.69) is 5.32 Å². The summed E-state index contributed by atoms with van der Waals surface area (Å²) >= 11 is 2.84. The first-order valence-electron chi connectivity index (χ1n) is 5.77. The number of thioether (sulfide) groups is 1. The minimum Gasteiger partial charge on any atom is -0.480 e. The van der Waals surface area contributed by atoms with E-state index in [0.717, 1.165) is 6.42 Å². The van der Waals surface area contributed by atoms with E-state index in [1.165, 1.54) is 16.6 Å². The molecule has 1 aromatic heterocycles. The number of hydrogen-bond acceptors (Lipinski definition) is 4. The smallest absolute Gasteiger partial charge is 0.316 e. The number of carbonyl (C=O) groups is 2. The molecule has 0 aliphatic rings. The minimum atomic E-state index is -0.853. The van der Waals surface area contributed by atoms with E-state index >= 15 is 0 Å². The fourth-order valence-corrected chi connectivity index (χ4v) is 2.91. The van der Waals surface area contributed by atoms with Crippen molar-refractivity contribution in [1.82, 2.24) is 5.32 Å². The Labute approximate surface area is 115 Å². The maximum atomic E-state index is 11.5. The summed E-state index contributed by atoms with van der Waals surface area (Å²) in [6.45, 7) is 2.41. The molecule has 18 heavy (non-hydrogen) atoms. The van der Waals surface area contributed by atoms with Gasteiger partial charge >= 0.3 is 5.97 Å². The summed E-state index contributed by atoms with van der Waals surface area (Å²) in [5.74, 6) is -0.750. The number of carbonyl (C=O) groups excluding carboxylic acids is 1. The van der Waals surface area contributed by atoms with Gasteiger partial charge < -0.3 is 10.4 Å². The third-order valence-corrected chi connectivity index (χ3v) is 4.64. The van der Waals surface area contributed by atoms with Crippen molar-refractivity contribution in [2.75, 3.05) is 12.3 Å². The van der Waals surface area contributed by atoms with Crippen LogP contribution in [0.1, 0.15) is 18.2 Å². The van der Waals surface area contributed by atoms with Crippen LogP contribution in [-0.2, 0) is 16.0 Å². The van der Waals surface area contributed by atoms with Crippen molar-refractivity contribution in [3.63, 3.8) is 0 Å². The predicted octanol–water partition coefficient (Wildman–Crippen LogP) is 2.00. The normalized spacial score (nSPS) is 12.1. The highest BCUT2D eigenvalue weighted by Gasteiger charge is 2.16. The second-order valence-electron chi connectivity index (χ2n) is 3.73. The van der Waals surface area contributed by atoms with Gasteiger partial charge in [-0.2, -0.15) is 0 Å². The molecule has 0 bridgehead atoms. The van der Waals surface area contributed by atoms with E-state index in [0.29, 0.717) is 13.0 Å². The highest BCUT2D eigenvalue weighted by Crippen LogP contribution is 2.14. The first-order valence-corrected chi connectivity index (χ1v) is 7.69. The van der Waals surface area contributed by atoms with Gasteiger partial charge in [0.2, 0.25) is 5.91 Å². The topological polar surface area (TPSA) is 66.4 Å². The van der Waals surface area contributed by atoms with E-state index < -0.39 is 11.2 Å². The van der Waals surface area contributed by atoms with Gasteiger partial charge in [-0.25, -0.2) is 0 Å². The Balaban J connectivity index is 2.15. The van der Waals surface area contributed by atoms with Crippen molar-refractivity contribution in [2.24, 2.45) is 0 Å².